The van der Waals surface area contributed by atoms with E-state index in [2.05, 4.69) is 0 Å². The highest BCUT2D eigenvalue weighted by atomic mass is 16.6. The largest absolute Gasteiger partial charge is 0.486 e. The molecule has 1 atom stereocenters. The van der Waals surface area contributed by atoms with Gasteiger partial charge in [-0.2, -0.15) is 0 Å². The van der Waals surface area contributed by atoms with Crippen LogP contribution in [-0.4, -0.2) is 47.7 Å². The fourth-order valence-corrected chi connectivity index (χ4v) is 2.70. The molecule has 0 bridgehead atoms. The Morgan fingerprint density at radius 1 is 1.32 bits per heavy atom. The van der Waals surface area contributed by atoms with Crippen LogP contribution in [0, 0.1) is 5.41 Å². The van der Waals surface area contributed by atoms with Gasteiger partial charge in [-0.05, 0) is 31.9 Å². The van der Waals surface area contributed by atoms with Crippen molar-refractivity contribution in [3.05, 3.63) is 24.3 Å². The molecule has 1 fully saturated rings. The molecule has 1 N–H and O–H groups in total. The van der Waals surface area contributed by atoms with Gasteiger partial charge in [-0.25, -0.2) is 0 Å². The minimum atomic E-state index is -1.20. The van der Waals surface area contributed by atoms with Gasteiger partial charge in [0.2, 0.25) is 5.91 Å². The predicted molar refractivity (Wildman–Crippen MR) is 77.9 cm³/mol. The first-order valence-electron chi connectivity index (χ1n) is 7.48. The molecule has 3 rings (SSSR count). The maximum atomic E-state index is 12.5. The van der Waals surface area contributed by atoms with Gasteiger partial charge in [-0.3, -0.25) is 9.59 Å². The molecule has 118 valence electrons. The minimum Gasteiger partial charge on any atom is -0.486 e. The van der Waals surface area contributed by atoms with Crippen LogP contribution in [-0.2, 0) is 9.59 Å². The van der Waals surface area contributed by atoms with Crippen LogP contribution in [0.25, 0.3) is 0 Å². The molecule has 1 amide bonds. The molecule has 6 nitrogen and oxygen atoms in total. The van der Waals surface area contributed by atoms with Crippen LogP contribution >= 0.6 is 0 Å². The van der Waals surface area contributed by atoms with E-state index < -0.39 is 11.4 Å². The Hall–Kier alpha value is -2.24. The Kier molecular flexibility index (Phi) is 3.68. The summed E-state index contributed by atoms with van der Waals surface area (Å²) in [5.41, 5.74) is -1.20. The Labute approximate surface area is 128 Å². The molecular formula is C16H19NO5. The fraction of sp³-hybridized carbons (Fsp3) is 0.500. The Bertz CT molecular complexity index is 596. The van der Waals surface area contributed by atoms with Crippen molar-refractivity contribution in [1.29, 1.82) is 0 Å². The average molecular weight is 305 g/mol. The number of carboxylic acids is 1. The van der Waals surface area contributed by atoms with Crippen LogP contribution < -0.4 is 9.47 Å². The van der Waals surface area contributed by atoms with E-state index in [4.69, 9.17) is 9.47 Å². The highest BCUT2D eigenvalue weighted by Crippen LogP contribution is 2.47. The number of fused-ring (bicyclic) bond motifs is 1. The lowest BCUT2D eigenvalue weighted by Crippen LogP contribution is -2.47. The predicted octanol–water partition coefficient (Wildman–Crippen LogP) is 1.54. The highest BCUT2D eigenvalue weighted by molar-refractivity contribution is 6.04. The van der Waals surface area contributed by atoms with Crippen LogP contribution in [0.1, 0.15) is 19.8 Å². The number of amides is 1. The zero-order valence-corrected chi connectivity index (χ0v) is 12.4. The molecule has 0 aromatic heterocycles. The number of para-hydroxylation sites is 2. The van der Waals surface area contributed by atoms with Crippen molar-refractivity contribution in [2.75, 3.05) is 19.7 Å². The summed E-state index contributed by atoms with van der Waals surface area (Å²) in [5.74, 6) is 0.00557. The molecule has 1 saturated carbocycles. The second-order valence-corrected chi connectivity index (χ2v) is 5.73. The lowest BCUT2D eigenvalue weighted by molar-refractivity contribution is -0.154. The summed E-state index contributed by atoms with van der Waals surface area (Å²) in [6.45, 7) is 2.97. The normalized spacial score (nSPS) is 21.0. The number of ether oxygens (including phenoxy) is 2. The minimum absolute atomic E-state index is 0.289. The summed E-state index contributed by atoms with van der Waals surface area (Å²) < 4.78 is 11.5. The van der Waals surface area contributed by atoms with Crippen molar-refractivity contribution >= 4 is 11.9 Å². The second-order valence-electron chi connectivity index (χ2n) is 5.73. The van der Waals surface area contributed by atoms with E-state index in [-0.39, 0.29) is 12.0 Å². The molecule has 1 heterocycles. The number of hydrogen-bond donors (Lipinski definition) is 1. The molecule has 0 radical (unpaired) electrons. The number of aliphatic carboxylic acids is 1. The van der Waals surface area contributed by atoms with E-state index in [1.54, 1.807) is 4.90 Å². The molecule has 1 aliphatic carbocycles. The van der Waals surface area contributed by atoms with Crippen molar-refractivity contribution in [3.8, 4) is 11.5 Å². The lowest BCUT2D eigenvalue weighted by Gasteiger charge is -2.32. The Morgan fingerprint density at radius 3 is 2.59 bits per heavy atom. The van der Waals surface area contributed by atoms with Crippen molar-refractivity contribution in [2.24, 2.45) is 5.41 Å². The summed E-state index contributed by atoms with van der Waals surface area (Å²) >= 11 is 0. The number of carbonyl (C=O) groups is 2. The van der Waals surface area contributed by atoms with Gasteiger partial charge in [-0.15, -0.1) is 0 Å². The Morgan fingerprint density at radius 2 is 2.00 bits per heavy atom. The number of benzene rings is 1. The second kappa shape index (κ2) is 5.51. The van der Waals surface area contributed by atoms with Gasteiger partial charge in [-0.1, -0.05) is 12.1 Å². The number of nitrogens with zero attached hydrogens (tertiary/aromatic N) is 1. The molecule has 0 saturated heterocycles. The third kappa shape index (κ3) is 2.49. The van der Waals surface area contributed by atoms with Crippen molar-refractivity contribution in [2.45, 2.75) is 25.9 Å². The molecule has 1 aromatic rings. The van der Waals surface area contributed by atoms with Crippen molar-refractivity contribution in [3.63, 3.8) is 0 Å². The van der Waals surface area contributed by atoms with Gasteiger partial charge in [0.25, 0.3) is 0 Å². The first-order chi connectivity index (χ1) is 10.6. The van der Waals surface area contributed by atoms with Gasteiger partial charge >= 0.3 is 5.97 Å². The van der Waals surface area contributed by atoms with Crippen LogP contribution in [0.15, 0.2) is 24.3 Å². The van der Waals surface area contributed by atoms with Gasteiger partial charge in [0.05, 0.1) is 6.54 Å². The van der Waals surface area contributed by atoms with E-state index in [9.17, 15) is 14.7 Å². The monoisotopic (exact) mass is 305 g/mol. The van der Waals surface area contributed by atoms with Crippen LogP contribution in [0.3, 0.4) is 0 Å². The Balaban J connectivity index is 1.67. The first kappa shape index (κ1) is 14.7. The van der Waals surface area contributed by atoms with E-state index in [1.807, 2.05) is 31.2 Å². The zero-order valence-electron chi connectivity index (χ0n) is 12.4. The van der Waals surface area contributed by atoms with E-state index in [0.717, 1.165) is 0 Å². The van der Waals surface area contributed by atoms with Crippen molar-refractivity contribution < 1.29 is 24.2 Å². The SMILES string of the molecule is CCN(CC1COc2ccccc2O1)C(=O)C1(C(=O)O)CC1. The smallest absolute Gasteiger partial charge is 0.319 e. The van der Waals surface area contributed by atoms with E-state index in [0.29, 0.717) is 44.0 Å². The summed E-state index contributed by atoms with van der Waals surface area (Å²) in [6, 6.07) is 7.38. The standard InChI is InChI=1S/C16H19NO5/c1-2-17(14(18)16(7-8-16)15(19)20)9-11-10-21-12-5-3-4-6-13(12)22-11/h3-6,11H,2,7-10H2,1H3,(H,19,20). The maximum Gasteiger partial charge on any atom is 0.319 e. The quantitative estimate of drug-likeness (QED) is 0.835. The molecule has 1 aromatic carbocycles. The van der Waals surface area contributed by atoms with Gasteiger partial charge in [0, 0.05) is 6.54 Å². The topological polar surface area (TPSA) is 76.1 Å². The van der Waals surface area contributed by atoms with Crippen LogP contribution in [0.4, 0.5) is 0 Å². The first-order valence-corrected chi connectivity index (χ1v) is 7.48. The van der Waals surface area contributed by atoms with Gasteiger partial charge in [0.1, 0.15) is 12.0 Å². The van der Waals surface area contributed by atoms with E-state index >= 15 is 0 Å². The average Bonchev–Trinajstić information content (AvgIpc) is 3.33. The van der Waals surface area contributed by atoms with Crippen molar-refractivity contribution in [1.82, 2.24) is 4.90 Å². The zero-order chi connectivity index (χ0) is 15.7. The number of likely N-dealkylation sites (N-methyl/N-ethyl adjacent to an activating group) is 1. The fourth-order valence-electron chi connectivity index (χ4n) is 2.70. The van der Waals surface area contributed by atoms with Gasteiger partial charge in [0.15, 0.2) is 17.6 Å². The number of hydrogen-bond acceptors (Lipinski definition) is 4. The molecular weight excluding hydrogens is 286 g/mol. The maximum absolute atomic E-state index is 12.5. The third-order valence-corrected chi connectivity index (χ3v) is 4.23. The summed E-state index contributed by atoms with van der Waals surface area (Å²) in [7, 11) is 0. The number of rotatable bonds is 5. The van der Waals surface area contributed by atoms with E-state index in [1.165, 1.54) is 0 Å². The summed E-state index contributed by atoms with van der Waals surface area (Å²) in [4.78, 5) is 25.3. The summed E-state index contributed by atoms with van der Waals surface area (Å²) in [6.07, 6.45) is 0.550. The molecule has 2 aliphatic rings. The number of carboxylic acid groups (broad SMARTS) is 1. The molecule has 0 spiro atoms. The molecule has 1 unspecified atom stereocenters. The molecule has 1 aliphatic heterocycles. The lowest BCUT2D eigenvalue weighted by atomic mass is 10.1. The third-order valence-electron chi connectivity index (χ3n) is 4.23. The van der Waals surface area contributed by atoms with Crippen LogP contribution in [0.5, 0.6) is 11.5 Å². The van der Waals surface area contributed by atoms with Gasteiger partial charge < -0.3 is 19.5 Å². The highest BCUT2D eigenvalue weighted by Gasteiger charge is 2.58. The van der Waals surface area contributed by atoms with Crippen LogP contribution in [0.2, 0.25) is 0 Å². The molecule has 22 heavy (non-hydrogen) atoms. The molecule has 6 heteroatoms. The summed E-state index contributed by atoms with van der Waals surface area (Å²) in [5, 5.41) is 9.25. The number of carbonyl (C=O) groups excluding carboxylic acids is 1.